The van der Waals surface area contributed by atoms with Crippen LogP contribution < -0.4 is 16.2 Å². The fraction of sp³-hybridized carbons (Fsp3) is 0.562. The molecule has 1 aliphatic rings. The molecule has 0 aromatic heterocycles. The van der Waals surface area contributed by atoms with Crippen LogP contribution in [0.1, 0.15) is 25.3 Å². The summed E-state index contributed by atoms with van der Waals surface area (Å²) in [6, 6.07) is 5.99. The average Bonchev–Trinajstić information content (AvgIpc) is 2.48. The molecule has 1 amide bonds. The van der Waals surface area contributed by atoms with Gasteiger partial charge in [-0.15, -0.1) is 0 Å². The van der Waals surface area contributed by atoms with E-state index in [0.717, 1.165) is 44.6 Å². The Morgan fingerprint density at radius 2 is 2.10 bits per heavy atom. The number of likely N-dealkylation sites (tertiary alicyclic amines) is 1. The third-order valence-electron chi connectivity index (χ3n) is 4.08. The van der Waals surface area contributed by atoms with Crippen molar-refractivity contribution in [2.45, 2.75) is 26.2 Å². The molecule has 1 aromatic carbocycles. The first kappa shape index (κ1) is 15.6. The van der Waals surface area contributed by atoms with Crippen LogP contribution in [0.2, 0.25) is 0 Å². The number of primary amides is 1. The SMILES string of the molecule is CCOc1ccc(CCN2CCC(C(N)=O)CC2)cc1N. The van der Waals surface area contributed by atoms with Crippen LogP contribution in [-0.2, 0) is 11.2 Å². The van der Waals surface area contributed by atoms with Crippen LogP contribution in [0.5, 0.6) is 5.75 Å². The van der Waals surface area contributed by atoms with E-state index in [1.54, 1.807) is 0 Å². The van der Waals surface area contributed by atoms with Crippen molar-refractivity contribution in [2.75, 3.05) is 32.0 Å². The molecular formula is C16H25N3O2. The molecule has 116 valence electrons. The summed E-state index contributed by atoms with van der Waals surface area (Å²) in [6.07, 6.45) is 2.71. The van der Waals surface area contributed by atoms with Gasteiger partial charge in [-0.3, -0.25) is 4.79 Å². The number of hydrogen-bond acceptors (Lipinski definition) is 4. The molecule has 21 heavy (non-hydrogen) atoms. The summed E-state index contributed by atoms with van der Waals surface area (Å²) in [6.45, 7) is 5.44. The highest BCUT2D eigenvalue weighted by Gasteiger charge is 2.22. The van der Waals surface area contributed by atoms with E-state index in [0.29, 0.717) is 12.3 Å². The summed E-state index contributed by atoms with van der Waals surface area (Å²) >= 11 is 0. The van der Waals surface area contributed by atoms with Crippen molar-refractivity contribution in [3.63, 3.8) is 0 Å². The minimum atomic E-state index is -0.158. The number of nitrogens with two attached hydrogens (primary N) is 2. The Balaban J connectivity index is 1.81. The van der Waals surface area contributed by atoms with Gasteiger partial charge < -0.3 is 21.1 Å². The number of carbonyl (C=O) groups is 1. The van der Waals surface area contributed by atoms with Crippen LogP contribution in [0.15, 0.2) is 18.2 Å². The van der Waals surface area contributed by atoms with Gasteiger partial charge in [0.05, 0.1) is 12.3 Å². The van der Waals surface area contributed by atoms with Crippen molar-refractivity contribution in [1.29, 1.82) is 0 Å². The summed E-state index contributed by atoms with van der Waals surface area (Å²) in [5, 5.41) is 0. The molecule has 5 heteroatoms. The molecule has 0 aliphatic carbocycles. The number of amides is 1. The van der Waals surface area contributed by atoms with Gasteiger partial charge in [0.2, 0.25) is 5.91 Å². The minimum Gasteiger partial charge on any atom is -0.492 e. The lowest BCUT2D eigenvalue weighted by Gasteiger charge is -2.30. The molecule has 0 saturated carbocycles. The van der Waals surface area contributed by atoms with E-state index in [-0.39, 0.29) is 11.8 Å². The first-order valence-corrected chi connectivity index (χ1v) is 7.63. The maximum atomic E-state index is 11.1. The maximum Gasteiger partial charge on any atom is 0.220 e. The predicted molar refractivity (Wildman–Crippen MR) is 84.1 cm³/mol. The smallest absolute Gasteiger partial charge is 0.220 e. The van der Waals surface area contributed by atoms with Crippen LogP contribution in [0.25, 0.3) is 0 Å². The van der Waals surface area contributed by atoms with Crippen LogP contribution >= 0.6 is 0 Å². The number of nitrogen functional groups attached to an aromatic ring is 1. The second-order valence-electron chi connectivity index (χ2n) is 5.57. The zero-order chi connectivity index (χ0) is 15.2. The highest BCUT2D eigenvalue weighted by Crippen LogP contribution is 2.23. The highest BCUT2D eigenvalue weighted by atomic mass is 16.5. The molecule has 2 rings (SSSR count). The molecule has 4 N–H and O–H groups in total. The Labute approximate surface area is 126 Å². The normalized spacial score (nSPS) is 16.8. The Morgan fingerprint density at radius 1 is 1.38 bits per heavy atom. The van der Waals surface area contributed by atoms with Gasteiger partial charge in [0, 0.05) is 12.5 Å². The van der Waals surface area contributed by atoms with Gasteiger partial charge >= 0.3 is 0 Å². The molecule has 1 aliphatic heterocycles. The molecule has 1 heterocycles. The summed E-state index contributed by atoms with van der Waals surface area (Å²) in [4.78, 5) is 13.5. The largest absolute Gasteiger partial charge is 0.492 e. The molecule has 0 spiro atoms. The average molecular weight is 291 g/mol. The quantitative estimate of drug-likeness (QED) is 0.776. The van der Waals surface area contributed by atoms with Crippen LogP contribution in [0.4, 0.5) is 5.69 Å². The zero-order valence-corrected chi connectivity index (χ0v) is 12.7. The monoisotopic (exact) mass is 291 g/mol. The van der Waals surface area contributed by atoms with Gasteiger partial charge in [-0.1, -0.05) is 6.07 Å². The number of benzene rings is 1. The predicted octanol–water partition coefficient (Wildman–Crippen LogP) is 1.41. The summed E-state index contributed by atoms with van der Waals surface area (Å²) in [7, 11) is 0. The van der Waals surface area contributed by atoms with Crippen LogP contribution in [-0.4, -0.2) is 37.0 Å². The van der Waals surface area contributed by atoms with Crippen molar-refractivity contribution in [3.05, 3.63) is 23.8 Å². The van der Waals surface area contributed by atoms with E-state index < -0.39 is 0 Å². The van der Waals surface area contributed by atoms with Crippen molar-refractivity contribution < 1.29 is 9.53 Å². The Kier molecular flexibility index (Phi) is 5.44. The van der Waals surface area contributed by atoms with Gasteiger partial charge in [0.25, 0.3) is 0 Å². The van der Waals surface area contributed by atoms with E-state index in [1.807, 2.05) is 19.1 Å². The number of ether oxygens (including phenoxy) is 1. The Hall–Kier alpha value is -1.75. The Morgan fingerprint density at radius 3 is 2.67 bits per heavy atom. The fourth-order valence-corrected chi connectivity index (χ4v) is 2.77. The molecule has 1 aromatic rings. The van der Waals surface area contributed by atoms with Gasteiger partial charge in [-0.25, -0.2) is 0 Å². The molecule has 0 atom stereocenters. The second-order valence-corrected chi connectivity index (χ2v) is 5.57. The summed E-state index contributed by atoms with van der Waals surface area (Å²) in [5.41, 5.74) is 13.2. The van der Waals surface area contributed by atoms with E-state index in [2.05, 4.69) is 11.0 Å². The van der Waals surface area contributed by atoms with E-state index >= 15 is 0 Å². The molecular weight excluding hydrogens is 266 g/mol. The Bertz CT molecular complexity index is 482. The second kappa shape index (κ2) is 7.31. The fourth-order valence-electron chi connectivity index (χ4n) is 2.77. The van der Waals surface area contributed by atoms with Crippen LogP contribution in [0, 0.1) is 5.92 Å². The number of nitrogens with zero attached hydrogens (tertiary/aromatic N) is 1. The standard InChI is InChI=1S/C16H25N3O2/c1-2-21-15-4-3-12(11-14(15)17)5-8-19-9-6-13(7-10-19)16(18)20/h3-4,11,13H,2,5-10,17H2,1H3,(H2,18,20). The number of piperidine rings is 1. The zero-order valence-electron chi connectivity index (χ0n) is 12.7. The molecule has 0 radical (unpaired) electrons. The third-order valence-corrected chi connectivity index (χ3v) is 4.08. The van der Waals surface area contributed by atoms with Crippen LogP contribution in [0.3, 0.4) is 0 Å². The number of carbonyl (C=O) groups excluding carboxylic acids is 1. The van der Waals surface area contributed by atoms with Crippen molar-refractivity contribution in [2.24, 2.45) is 11.7 Å². The molecule has 0 bridgehead atoms. The molecule has 0 unspecified atom stereocenters. The van der Waals surface area contributed by atoms with Crippen molar-refractivity contribution in [3.8, 4) is 5.75 Å². The van der Waals surface area contributed by atoms with E-state index in [1.165, 1.54) is 5.56 Å². The lowest BCUT2D eigenvalue weighted by atomic mass is 9.96. The van der Waals surface area contributed by atoms with Gasteiger partial charge in [-0.05, 0) is 57.0 Å². The number of rotatable bonds is 6. The van der Waals surface area contributed by atoms with Gasteiger partial charge in [0.1, 0.15) is 5.75 Å². The number of anilines is 1. The van der Waals surface area contributed by atoms with E-state index in [4.69, 9.17) is 16.2 Å². The third kappa shape index (κ3) is 4.36. The molecule has 1 saturated heterocycles. The minimum absolute atomic E-state index is 0.0578. The summed E-state index contributed by atoms with van der Waals surface area (Å²) in [5.74, 6) is 0.653. The van der Waals surface area contributed by atoms with Gasteiger partial charge in [0.15, 0.2) is 0 Å². The number of hydrogen-bond donors (Lipinski definition) is 2. The van der Waals surface area contributed by atoms with Crippen molar-refractivity contribution in [1.82, 2.24) is 4.90 Å². The molecule has 5 nitrogen and oxygen atoms in total. The maximum absolute atomic E-state index is 11.1. The highest BCUT2D eigenvalue weighted by molar-refractivity contribution is 5.76. The van der Waals surface area contributed by atoms with E-state index in [9.17, 15) is 4.79 Å². The molecule has 1 fully saturated rings. The first-order chi connectivity index (χ1) is 10.1. The summed E-state index contributed by atoms with van der Waals surface area (Å²) < 4.78 is 5.44. The first-order valence-electron chi connectivity index (χ1n) is 7.63. The van der Waals surface area contributed by atoms with Crippen molar-refractivity contribution >= 4 is 11.6 Å². The van der Waals surface area contributed by atoms with Gasteiger partial charge in [-0.2, -0.15) is 0 Å². The topological polar surface area (TPSA) is 81.6 Å². The lowest BCUT2D eigenvalue weighted by molar-refractivity contribution is -0.123. The lowest BCUT2D eigenvalue weighted by Crippen LogP contribution is -2.39.